The van der Waals surface area contributed by atoms with Crippen LogP contribution in [-0.4, -0.2) is 22.0 Å². The van der Waals surface area contributed by atoms with Crippen LogP contribution in [0.1, 0.15) is 20.3 Å². The maximum Gasteiger partial charge on any atom is 0.239 e. The van der Waals surface area contributed by atoms with E-state index in [0.29, 0.717) is 33.0 Å². The summed E-state index contributed by atoms with van der Waals surface area (Å²) >= 11 is 15.0. The van der Waals surface area contributed by atoms with Crippen LogP contribution in [0.15, 0.2) is 52.7 Å². The fraction of sp³-hybridized carbons (Fsp3) is 0.190. The molecule has 3 aromatic rings. The van der Waals surface area contributed by atoms with Crippen molar-refractivity contribution in [2.45, 2.75) is 30.4 Å². The van der Waals surface area contributed by atoms with E-state index in [2.05, 4.69) is 15.6 Å². The van der Waals surface area contributed by atoms with E-state index in [9.17, 15) is 9.59 Å². The van der Waals surface area contributed by atoms with Crippen LogP contribution in [0.5, 0.6) is 0 Å². The molecule has 1 heterocycles. The van der Waals surface area contributed by atoms with Crippen LogP contribution in [0.2, 0.25) is 10.0 Å². The lowest BCUT2D eigenvalue weighted by Crippen LogP contribution is -2.24. The molecule has 0 saturated heterocycles. The van der Waals surface area contributed by atoms with E-state index in [4.69, 9.17) is 23.2 Å². The molecule has 9 heteroatoms. The van der Waals surface area contributed by atoms with Crippen molar-refractivity contribution in [3.63, 3.8) is 0 Å². The summed E-state index contributed by atoms with van der Waals surface area (Å²) in [5, 5.41) is 8.75. The highest BCUT2D eigenvalue weighted by Gasteiger charge is 2.20. The first kappa shape index (κ1) is 22.6. The monoisotopic (exact) mass is 479 g/mol. The second kappa shape index (κ2) is 10.3. The minimum atomic E-state index is -0.302. The maximum absolute atomic E-state index is 12.8. The molecule has 0 saturated carbocycles. The number of thioether (sulfide) groups is 1. The molecule has 30 heavy (non-hydrogen) atoms. The first-order chi connectivity index (χ1) is 14.4. The number of nitrogens with zero attached hydrogens (tertiary/aromatic N) is 1. The van der Waals surface area contributed by atoms with Gasteiger partial charge in [0.15, 0.2) is 5.13 Å². The van der Waals surface area contributed by atoms with E-state index >= 15 is 0 Å². The van der Waals surface area contributed by atoms with Gasteiger partial charge in [0.2, 0.25) is 11.8 Å². The Morgan fingerprint density at radius 2 is 1.97 bits per heavy atom. The molecule has 0 radical (unpaired) electrons. The Balaban J connectivity index is 1.68. The number of hydrogen-bond acceptors (Lipinski definition) is 5. The number of carbonyl (C=O) groups excluding carboxylic acids is 2. The lowest BCUT2D eigenvalue weighted by Gasteiger charge is -2.14. The average Bonchev–Trinajstić information content (AvgIpc) is 3.13. The second-order valence-electron chi connectivity index (χ2n) is 6.38. The van der Waals surface area contributed by atoms with Crippen molar-refractivity contribution in [3.8, 4) is 11.3 Å². The van der Waals surface area contributed by atoms with Gasteiger partial charge in [-0.15, -0.1) is 23.1 Å². The smallest absolute Gasteiger partial charge is 0.239 e. The molecule has 0 aliphatic heterocycles. The van der Waals surface area contributed by atoms with Gasteiger partial charge >= 0.3 is 0 Å². The SMILES string of the molecule is CCC(Sc1cccc(NC(C)=O)c1)C(=O)Nc1nc(-c2ccc(Cl)cc2Cl)cs1. The highest BCUT2D eigenvalue weighted by molar-refractivity contribution is 8.00. The zero-order valence-electron chi connectivity index (χ0n) is 16.2. The molecule has 0 spiro atoms. The van der Waals surface area contributed by atoms with Crippen molar-refractivity contribution in [2.24, 2.45) is 0 Å². The van der Waals surface area contributed by atoms with Crippen molar-refractivity contribution in [1.29, 1.82) is 0 Å². The Kier molecular flexibility index (Phi) is 7.77. The highest BCUT2D eigenvalue weighted by atomic mass is 35.5. The minimum Gasteiger partial charge on any atom is -0.326 e. The Bertz CT molecular complexity index is 1070. The fourth-order valence-electron chi connectivity index (χ4n) is 2.67. The number of benzene rings is 2. The molecule has 1 unspecified atom stereocenters. The second-order valence-corrected chi connectivity index (χ2v) is 9.35. The predicted octanol–water partition coefficient (Wildman–Crippen LogP) is 6.58. The van der Waals surface area contributed by atoms with Crippen molar-refractivity contribution < 1.29 is 9.59 Å². The van der Waals surface area contributed by atoms with Gasteiger partial charge in [0.1, 0.15) is 0 Å². The molecule has 3 rings (SSSR count). The summed E-state index contributed by atoms with van der Waals surface area (Å²) < 4.78 is 0. The maximum atomic E-state index is 12.8. The van der Waals surface area contributed by atoms with Gasteiger partial charge in [0.25, 0.3) is 0 Å². The molecule has 5 nitrogen and oxygen atoms in total. The Morgan fingerprint density at radius 3 is 2.67 bits per heavy atom. The first-order valence-corrected chi connectivity index (χ1v) is 11.6. The van der Waals surface area contributed by atoms with Crippen LogP contribution in [0.3, 0.4) is 0 Å². The van der Waals surface area contributed by atoms with Gasteiger partial charge in [0, 0.05) is 33.5 Å². The molecule has 0 bridgehead atoms. The van der Waals surface area contributed by atoms with Gasteiger partial charge < -0.3 is 10.6 Å². The van der Waals surface area contributed by atoms with Crippen LogP contribution in [0, 0.1) is 0 Å². The zero-order valence-corrected chi connectivity index (χ0v) is 19.4. The largest absolute Gasteiger partial charge is 0.326 e. The topological polar surface area (TPSA) is 71.1 Å². The number of amides is 2. The number of rotatable bonds is 7. The molecule has 1 atom stereocenters. The van der Waals surface area contributed by atoms with E-state index in [1.807, 2.05) is 36.6 Å². The van der Waals surface area contributed by atoms with Gasteiger partial charge in [0.05, 0.1) is 16.0 Å². The molecular weight excluding hydrogens is 461 g/mol. The summed E-state index contributed by atoms with van der Waals surface area (Å²) in [7, 11) is 0. The molecular formula is C21H19Cl2N3O2S2. The van der Waals surface area contributed by atoms with Crippen LogP contribution in [0.4, 0.5) is 10.8 Å². The van der Waals surface area contributed by atoms with E-state index < -0.39 is 0 Å². The summed E-state index contributed by atoms with van der Waals surface area (Å²) in [5.41, 5.74) is 2.14. The molecule has 0 fully saturated rings. The summed E-state index contributed by atoms with van der Waals surface area (Å²) in [6, 6.07) is 12.6. The van der Waals surface area contributed by atoms with Crippen molar-refractivity contribution >= 4 is 68.9 Å². The Morgan fingerprint density at radius 1 is 1.17 bits per heavy atom. The number of aromatic nitrogens is 1. The first-order valence-electron chi connectivity index (χ1n) is 9.12. The molecule has 2 amide bonds. The Hall–Kier alpha value is -2.06. The number of thiazole rings is 1. The fourth-order valence-corrected chi connectivity index (χ4v) is 4.91. The molecule has 0 aliphatic carbocycles. The summed E-state index contributed by atoms with van der Waals surface area (Å²) in [6.07, 6.45) is 0.641. The third-order valence-electron chi connectivity index (χ3n) is 4.04. The van der Waals surface area contributed by atoms with Gasteiger partial charge in [-0.1, -0.05) is 36.2 Å². The van der Waals surface area contributed by atoms with Crippen molar-refractivity contribution in [2.75, 3.05) is 10.6 Å². The molecule has 156 valence electrons. The van der Waals surface area contributed by atoms with Gasteiger partial charge in [-0.25, -0.2) is 4.98 Å². The van der Waals surface area contributed by atoms with Crippen LogP contribution in [-0.2, 0) is 9.59 Å². The summed E-state index contributed by atoms with van der Waals surface area (Å²) in [6.45, 7) is 3.41. The summed E-state index contributed by atoms with van der Waals surface area (Å²) in [5.74, 6) is -0.266. The third-order valence-corrected chi connectivity index (χ3v) is 6.70. The van der Waals surface area contributed by atoms with Gasteiger partial charge in [-0.05, 0) is 42.8 Å². The number of carbonyl (C=O) groups is 2. The van der Waals surface area contributed by atoms with Crippen LogP contribution in [0.25, 0.3) is 11.3 Å². The number of anilines is 2. The van der Waals surface area contributed by atoms with Gasteiger partial charge in [-0.2, -0.15) is 0 Å². The molecule has 0 aliphatic rings. The molecule has 1 aromatic heterocycles. The standard InChI is InChI=1S/C21H19Cl2N3O2S2/c1-3-19(30-15-6-4-5-14(10-15)24-12(2)27)20(28)26-21-25-18(11-29-21)16-8-7-13(22)9-17(16)23/h4-11,19H,3H2,1-2H3,(H,24,27)(H,25,26,28). The number of nitrogens with one attached hydrogen (secondary N) is 2. The number of hydrogen-bond donors (Lipinski definition) is 2. The molecule has 2 N–H and O–H groups in total. The quantitative estimate of drug-likeness (QED) is 0.375. The number of halogens is 2. The van der Waals surface area contributed by atoms with E-state index in [1.54, 1.807) is 18.2 Å². The lowest BCUT2D eigenvalue weighted by atomic mass is 10.2. The van der Waals surface area contributed by atoms with Gasteiger partial charge in [-0.3, -0.25) is 9.59 Å². The van der Waals surface area contributed by atoms with E-state index in [0.717, 1.165) is 10.5 Å². The third kappa shape index (κ3) is 5.98. The highest BCUT2D eigenvalue weighted by Crippen LogP contribution is 2.33. The van der Waals surface area contributed by atoms with Crippen molar-refractivity contribution in [3.05, 3.63) is 57.9 Å². The predicted molar refractivity (Wildman–Crippen MR) is 127 cm³/mol. The minimum absolute atomic E-state index is 0.129. The van der Waals surface area contributed by atoms with Crippen LogP contribution >= 0.6 is 46.3 Å². The average molecular weight is 480 g/mol. The van der Waals surface area contributed by atoms with E-state index in [1.165, 1.54) is 30.0 Å². The molecule has 2 aromatic carbocycles. The Labute approximate surface area is 193 Å². The normalized spacial score (nSPS) is 11.7. The summed E-state index contributed by atoms with van der Waals surface area (Å²) in [4.78, 5) is 29.4. The van der Waals surface area contributed by atoms with Crippen molar-refractivity contribution in [1.82, 2.24) is 4.98 Å². The van der Waals surface area contributed by atoms with Crippen LogP contribution < -0.4 is 10.6 Å². The lowest BCUT2D eigenvalue weighted by molar-refractivity contribution is -0.116. The zero-order chi connectivity index (χ0) is 21.7. The van der Waals surface area contributed by atoms with E-state index in [-0.39, 0.29) is 17.1 Å².